The first kappa shape index (κ1) is 25.5. The first-order valence-electron chi connectivity index (χ1n) is 11.9. The Hall–Kier alpha value is -3.58. The highest BCUT2D eigenvalue weighted by Gasteiger charge is 2.18. The number of carbonyl (C=O) groups excluding carboxylic acids is 1. The number of hydrogen-bond acceptors (Lipinski definition) is 5. The van der Waals surface area contributed by atoms with Crippen LogP contribution in [0.4, 0.5) is 5.69 Å². The average Bonchev–Trinajstić information content (AvgIpc) is 3.24. The van der Waals surface area contributed by atoms with Crippen LogP contribution in [-0.2, 0) is 16.8 Å². The van der Waals surface area contributed by atoms with Gasteiger partial charge < -0.3 is 10.1 Å². The number of nitrogens with one attached hydrogen (secondary N) is 1. The molecule has 186 valence electrons. The normalized spacial score (nSPS) is 11.4. The van der Waals surface area contributed by atoms with Crippen molar-refractivity contribution < 1.29 is 9.53 Å². The fourth-order valence-electron chi connectivity index (χ4n) is 3.76. The summed E-state index contributed by atoms with van der Waals surface area (Å²) >= 11 is 1.35. The van der Waals surface area contributed by atoms with Crippen molar-refractivity contribution in [1.82, 2.24) is 14.8 Å². The number of nitrogens with zero attached hydrogens (tertiary/aromatic N) is 3. The maximum absolute atomic E-state index is 12.6. The summed E-state index contributed by atoms with van der Waals surface area (Å²) in [5.41, 5.74) is 5.27. The number of aryl methyl sites for hydroxylation is 2. The van der Waals surface area contributed by atoms with Crippen LogP contribution in [0, 0.1) is 13.8 Å². The van der Waals surface area contributed by atoms with Gasteiger partial charge in [-0.25, -0.2) is 0 Å². The van der Waals surface area contributed by atoms with E-state index in [4.69, 9.17) is 4.74 Å². The molecule has 0 saturated heterocycles. The Balaban J connectivity index is 1.50. The number of amides is 1. The number of benzene rings is 3. The quantitative estimate of drug-likeness (QED) is 0.280. The third-order valence-corrected chi connectivity index (χ3v) is 6.61. The van der Waals surface area contributed by atoms with Gasteiger partial charge in [0, 0.05) is 11.4 Å². The molecule has 3 aromatic carbocycles. The van der Waals surface area contributed by atoms with Crippen LogP contribution in [0.5, 0.6) is 5.75 Å². The van der Waals surface area contributed by atoms with Crippen LogP contribution in [-0.4, -0.2) is 26.4 Å². The lowest BCUT2D eigenvalue weighted by Crippen LogP contribution is -2.15. The molecule has 36 heavy (non-hydrogen) atoms. The molecule has 0 aliphatic carbocycles. The fourth-order valence-corrected chi connectivity index (χ4v) is 4.53. The predicted molar refractivity (Wildman–Crippen MR) is 146 cm³/mol. The van der Waals surface area contributed by atoms with Crippen molar-refractivity contribution in [3.05, 3.63) is 95.3 Å². The van der Waals surface area contributed by atoms with Gasteiger partial charge in [0.1, 0.15) is 12.4 Å². The summed E-state index contributed by atoms with van der Waals surface area (Å²) < 4.78 is 8.03. The molecule has 0 bridgehead atoms. The minimum absolute atomic E-state index is 0.0850. The Bertz CT molecular complexity index is 1340. The standard InChI is InChI=1S/C29H32N4O2S/c1-20-8-6-10-23(16-20)30-27(34)19-36-28-32-31-26(33(28)24-11-7-9-21(2)17-24)18-35-25-14-12-22(13-15-25)29(3,4)5/h6-17H,18-19H2,1-5H3,(H,30,34). The highest BCUT2D eigenvalue weighted by Crippen LogP contribution is 2.26. The molecule has 0 fully saturated rings. The van der Waals surface area contributed by atoms with E-state index in [1.165, 1.54) is 17.3 Å². The summed E-state index contributed by atoms with van der Waals surface area (Å²) in [6.45, 7) is 10.9. The number of aromatic nitrogens is 3. The molecule has 0 spiro atoms. The van der Waals surface area contributed by atoms with E-state index in [-0.39, 0.29) is 23.7 Å². The second-order valence-corrected chi connectivity index (χ2v) is 10.8. The Morgan fingerprint density at radius 3 is 2.31 bits per heavy atom. The van der Waals surface area contributed by atoms with E-state index < -0.39 is 0 Å². The van der Waals surface area contributed by atoms with Crippen molar-refractivity contribution in [2.45, 2.75) is 51.8 Å². The molecule has 4 rings (SSSR count). The maximum Gasteiger partial charge on any atom is 0.234 e. The average molecular weight is 501 g/mol. The summed E-state index contributed by atoms with van der Waals surface area (Å²) in [5.74, 6) is 1.56. The molecule has 0 aliphatic rings. The van der Waals surface area contributed by atoms with Gasteiger partial charge >= 0.3 is 0 Å². The lowest BCUT2D eigenvalue weighted by Gasteiger charge is -2.19. The number of anilines is 1. The first-order chi connectivity index (χ1) is 17.2. The summed E-state index contributed by atoms with van der Waals surface area (Å²) in [5, 5.41) is 12.4. The minimum atomic E-state index is -0.0962. The van der Waals surface area contributed by atoms with Crippen molar-refractivity contribution >= 4 is 23.4 Å². The first-order valence-corrected chi connectivity index (χ1v) is 12.9. The van der Waals surface area contributed by atoms with Gasteiger partial charge in [-0.2, -0.15) is 0 Å². The molecule has 1 amide bonds. The van der Waals surface area contributed by atoms with E-state index in [0.29, 0.717) is 11.0 Å². The van der Waals surface area contributed by atoms with Crippen LogP contribution >= 0.6 is 11.8 Å². The Morgan fingerprint density at radius 2 is 1.64 bits per heavy atom. The zero-order chi connectivity index (χ0) is 25.7. The van der Waals surface area contributed by atoms with E-state index in [1.807, 2.05) is 73.0 Å². The molecular formula is C29H32N4O2S. The van der Waals surface area contributed by atoms with Gasteiger partial charge in [-0.05, 0) is 72.4 Å². The summed E-state index contributed by atoms with van der Waals surface area (Å²) in [7, 11) is 0. The molecule has 0 aliphatic heterocycles. The fraction of sp³-hybridized carbons (Fsp3) is 0.276. The highest BCUT2D eigenvalue weighted by molar-refractivity contribution is 7.99. The second kappa shape index (κ2) is 11.0. The number of hydrogen-bond donors (Lipinski definition) is 1. The van der Waals surface area contributed by atoms with Crippen molar-refractivity contribution in [3.63, 3.8) is 0 Å². The Labute approximate surface area is 217 Å². The highest BCUT2D eigenvalue weighted by atomic mass is 32.2. The van der Waals surface area contributed by atoms with Crippen LogP contribution in [0.2, 0.25) is 0 Å². The lowest BCUT2D eigenvalue weighted by atomic mass is 9.87. The van der Waals surface area contributed by atoms with E-state index in [1.54, 1.807) is 0 Å². The molecular weight excluding hydrogens is 468 g/mol. The molecule has 4 aromatic rings. The summed E-state index contributed by atoms with van der Waals surface area (Å²) in [4.78, 5) is 12.6. The largest absolute Gasteiger partial charge is 0.486 e. The monoisotopic (exact) mass is 500 g/mol. The van der Waals surface area contributed by atoms with Crippen LogP contribution in [0.1, 0.15) is 43.3 Å². The minimum Gasteiger partial charge on any atom is -0.486 e. The third-order valence-electron chi connectivity index (χ3n) is 5.68. The molecule has 6 nitrogen and oxygen atoms in total. The number of ether oxygens (including phenoxy) is 1. The van der Waals surface area contributed by atoms with E-state index in [9.17, 15) is 4.79 Å². The van der Waals surface area contributed by atoms with E-state index in [2.05, 4.69) is 54.5 Å². The Morgan fingerprint density at radius 1 is 0.944 bits per heavy atom. The van der Waals surface area contributed by atoms with Gasteiger partial charge in [-0.3, -0.25) is 9.36 Å². The van der Waals surface area contributed by atoms with Crippen LogP contribution in [0.15, 0.2) is 78.0 Å². The summed E-state index contributed by atoms with van der Waals surface area (Å²) in [6.07, 6.45) is 0. The number of carbonyl (C=O) groups is 1. The predicted octanol–water partition coefficient (Wildman–Crippen LogP) is 6.49. The zero-order valence-corrected chi connectivity index (χ0v) is 22.2. The molecule has 1 aromatic heterocycles. The molecule has 0 saturated carbocycles. The van der Waals surface area contributed by atoms with Crippen molar-refractivity contribution in [2.75, 3.05) is 11.1 Å². The molecule has 1 heterocycles. The second-order valence-electron chi connectivity index (χ2n) is 9.84. The maximum atomic E-state index is 12.6. The summed E-state index contributed by atoms with van der Waals surface area (Å²) in [6, 6.07) is 24.0. The van der Waals surface area contributed by atoms with Gasteiger partial charge in [-0.15, -0.1) is 10.2 Å². The van der Waals surface area contributed by atoms with Crippen molar-refractivity contribution in [3.8, 4) is 11.4 Å². The van der Waals surface area contributed by atoms with Gasteiger partial charge in [0.25, 0.3) is 0 Å². The molecule has 1 N–H and O–H groups in total. The van der Waals surface area contributed by atoms with Gasteiger partial charge in [0.2, 0.25) is 5.91 Å². The third kappa shape index (κ3) is 6.55. The molecule has 0 unspecified atom stereocenters. The number of thioether (sulfide) groups is 1. The van der Waals surface area contributed by atoms with E-state index >= 15 is 0 Å². The van der Waals surface area contributed by atoms with E-state index in [0.717, 1.165) is 28.3 Å². The van der Waals surface area contributed by atoms with Crippen LogP contribution < -0.4 is 10.1 Å². The lowest BCUT2D eigenvalue weighted by molar-refractivity contribution is -0.113. The molecule has 7 heteroatoms. The van der Waals surface area contributed by atoms with Crippen LogP contribution in [0.3, 0.4) is 0 Å². The van der Waals surface area contributed by atoms with Crippen LogP contribution in [0.25, 0.3) is 5.69 Å². The Kier molecular flexibility index (Phi) is 7.79. The SMILES string of the molecule is Cc1cccc(NC(=O)CSc2nnc(COc3ccc(C(C)(C)C)cc3)n2-c2cccc(C)c2)c1. The van der Waals surface area contributed by atoms with Crippen molar-refractivity contribution in [2.24, 2.45) is 0 Å². The smallest absolute Gasteiger partial charge is 0.234 e. The molecule has 0 atom stereocenters. The zero-order valence-electron chi connectivity index (χ0n) is 21.4. The van der Waals surface area contributed by atoms with Gasteiger partial charge in [0.05, 0.1) is 5.75 Å². The number of rotatable bonds is 8. The van der Waals surface area contributed by atoms with Gasteiger partial charge in [-0.1, -0.05) is 68.9 Å². The van der Waals surface area contributed by atoms with Crippen molar-refractivity contribution in [1.29, 1.82) is 0 Å². The molecule has 0 radical (unpaired) electrons. The van der Waals surface area contributed by atoms with Gasteiger partial charge in [0.15, 0.2) is 11.0 Å². The topological polar surface area (TPSA) is 69.0 Å².